The first kappa shape index (κ1) is 16.8. The van der Waals surface area contributed by atoms with Crippen LogP contribution in [0.5, 0.6) is 0 Å². The van der Waals surface area contributed by atoms with E-state index in [1.54, 1.807) is 27.7 Å². The van der Waals surface area contributed by atoms with Crippen LogP contribution in [-0.2, 0) is 14.2 Å². The van der Waals surface area contributed by atoms with E-state index in [2.05, 4.69) is 10.1 Å². The van der Waals surface area contributed by atoms with Gasteiger partial charge in [0.2, 0.25) is 0 Å². The molecule has 1 amide bonds. The van der Waals surface area contributed by atoms with E-state index in [9.17, 15) is 9.59 Å². The summed E-state index contributed by atoms with van der Waals surface area (Å²) in [5.74, 6) is 0. The average Bonchev–Trinajstić information content (AvgIpc) is 2.14. The molecule has 0 saturated carbocycles. The van der Waals surface area contributed by atoms with Crippen molar-refractivity contribution in [3.05, 3.63) is 0 Å². The van der Waals surface area contributed by atoms with Crippen LogP contribution in [0.3, 0.4) is 0 Å². The van der Waals surface area contributed by atoms with Crippen molar-refractivity contribution >= 4 is 23.8 Å². The number of alkyl carbamates (subject to hydrolysis) is 1. The van der Waals surface area contributed by atoms with Gasteiger partial charge < -0.3 is 19.5 Å². The second-order valence-corrected chi connectivity index (χ2v) is 4.87. The minimum Gasteiger partial charge on any atom is -0.444 e. The summed E-state index contributed by atoms with van der Waals surface area (Å²) in [5, 5.41) is 2.56. The second-order valence-electron chi connectivity index (χ2n) is 4.65. The lowest BCUT2D eigenvalue weighted by Crippen LogP contribution is -2.34. The molecule has 0 aromatic carbocycles. The first-order chi connectivity index (χ1) is 8.24. The van der Waals surface area contributed by atoms with Crippen LogP contribution in [0.2, 0.25) is 0 Å². The van der Waals surface area contributed by atoms with Gasteiger partial charge in [-0.25, -0.2) is 9.59 Å². The molecule has 0 aliphatic carbocycles. The monoisotopic (exact) mass is 281 g/mol. The molecule has 1 unspecified atom stereocenters. The molecule has 0 saturated heterocycles. The van der Waals surface area contributed by atoms with Gasteiger partial charge in [0.25, 0.3) is 0 Å². The van der Waals surface area contributed by atoms with Gasteiger partial charge in [0.15, 0.2) is 6.07 Å². The van der Waals surface area contributed by atoms with Crippen LogP contribution in [0.1, 0.15) is 34.1 Å². The third kappa shape index (κ3) is 10.0. The number of amides is 1. The zero-order valence-corrected chi connectivity index (χ0v) is 11.9. The third-order valence-corrected chi connectivity index (χ3v) is 1.80. The van der Waals surface area contributed by atoms with Crippen molar-refractivity contribution in [1.82, 2.24) is 5.32 Å². The van der Waals surface area contributed by atoms with Crippen LogP contribution in [0.15, 0.2) is 0 Å². The van der Waals surface area contributed by atoms with Gasteiger partial charge in [-0.2, -0.15) is 0 Å². The number of carbonyl (C=O) groups excluding carboxylic acids is 2. The maximum atomic E-state index is 11.3. The molecule has 1 N–H and O–H groups in total. The molecule has 106 valence electrons. The zero-order chi connectivity index (χ0) is 14.2. The molecular weight excluding hydrogens is 262 g/mol. The summed E-state index contributed by atoms with van der Waals surface area (Å²) in [6.45, 7) is 7.36. The van der Waals surface area contributed by atoms with Gasteiger partial charge in [-0.1, -0.05) is 11.6 Å². The molecule has 0 radical (unpaired) electrons. The SMILES string of the molecule is CC(CCNC(=O)OC(C)(C)C)OC(=O)OCCl. The number of hydrogen-bond donors (Lipinski definition) is 1. The van der Waals surface area contributed by atoms with Crippen LogP contribution in [0.25, 0.3) is 0 Å². The lowest BCUT2D eigenvalue weighted by atomic mass is 10.2. The van der Waals surface area contributed by atoms with Gasteiger partial charge in [-0.15, -0.1) is 0 Å². The number of ether oxygens (including phenoxy) is 3. The topological polar surface area (TPSA) is 73.9 Å². The van der Waals surface area contributed by atoms with E-state index in [1.165, 1.54) is 0 Å². The van der Waals surface area contributed by atoms with Crippen molar-refractivity contribution in [1.29, 1.82) is 0 Å². The molecular formula is C11H20ClNO5. The summed E-state index contributed by atoms with van der Waals surface area (Å²) in [5.41, 5.74) is -0.531. The summed E-state index contributed by atoms with van der Waals surface area (Å²) in [6, 6.07) is -0.248. The first-order valence-corrected chi connectivity index (χ1v) is 6.14. The van der Waals surface area contributed by atoms with Crippen molar-refractivity contribution in [2.45, 2.75) is 45.8 Å². The van der Waals surface area contributed by atoms with E-state index in [0.29, 0.717) is 13.0 Å². The number of rotatable bonds is 5. The van der Waals surface area contributed by atoms with Crippen LogP contribution in [0.4, 0.5) is 9.59 Å². The third-order valence-electron chi connectivity index (χ3n) is 1.69. The Hall–Kier alpha value is -1.17. The Morgan fingerprint density at radius 1 is 1.33 bits per heavy atom. The highest BCUT2D eigenvalue weighted by Gasteiger charge is 2.16. The Labute approximate surface area is 112 Å². The normalized spacial score (nSPS) is 12.5. The van der Waals surface area contributed by atoms with Crippen LogP contribution < -0.4 is 5.32 Å². The second kappa shape index (κ2) is 8.02. The molecule has 0 spiro atoms. The van der Waals surface area contributed by atoms with Gasteiger partial charge in [0.1, 0.15) is 11.7 Å². The van der Waals surface area contributed by atoms with Gasteiger partial charge in [-0.3, -0.25) is 0 Å². The quantitative estimate of drug-likeness (QED) is 0.619. The van der Waals surface area contributed by atoms with E-state index >= 15 is 0 Å². The predicted octanol–water partition coefficient (Wildman–Crippen LogP) is 2.64. The van der Waals surface area contributed by atoms with Crippen molar-refractivity contribution in [2.75, 3.05) is 12.6 Å². The molecule has 7 heteroatoms. The van der Waals surface area contributed by atoms with Crippen molar-refractivity contribution in [3.8, 4) is 0 Å². The molecule has 0 heterocycles. The minimum atomic E-state index is -0.824. The Morgan fingerprint density at radius 3 is 2.44 bits per heavy atom. The molecule has 0 aromatic heterocycles. The minimum absolute atomic E-state index is 0.248. The van der Waals surface area contributed by atoms with Crippen molar-refractivity contribution < 1.29 is 23.8 Å². The Kier molecular flexibility index (Phi) is 7.50. The summed E-state index contributed by atoms with van der Waals surface area (Å²) in [4.78, 5) is 22.2. The van der Waals surface area contributed by atoms with E-state index in [0.717, 1.165) is 0 Å². The largest absolute Gasteiger partial charge is 0.509 e. The Bertz CT molecular complexity index is 277. The zero-order valence-electron chi connectivity index (χ0n) is 11.1. The highest BCUT2D eigenvalue weighted by molar-refractivity contribution is 6.17. The maximum Gasteiger partial charge on any atom is 0.509 e. The fourth-order valence-corrected chi connectivity index (χ4v) is 1.08. The highest BCUT2D eigenvalue weighted by Crippen LogP contribution is 2.06. The molecule has 6 nitrogen and oxygen atoms in total. The van der Waals surface area contributed by atoms with E-state index in [1.807, 2.05) is 0 Å². The lowest BCUT2D eigenvalue weighted by molar-refractivity contribution is 0.0352. The van der Waals surface area contributed by atoms with Crippen LogP contribution in [-0.4, -0.2) is 36.6 Å². The van der Waals surface area contributed by atoms with E-state index < -0.39 is 17.8 Å². The highest BCUT2D eigenvalue weighted by atomic mass is 35.5. The van der Waals surface area contributed by atoms with Crippen molar-refractivity contribution in [3.63, 3.8) is 0 Å². The molecule has 0 aromatic rings. The fraction of sp³-hybridized carbons (Fsp3) is 0.818. The maximum absolute atomic E-state index is 11.3. The Morgan fingerprint density at radius 2 is 1.94 bits per heavy atom. The first-order valence-electron chi connectivity index (χ1n) is 5.61. The van der Waals surface area contributed by atoms with Gasteiger partial charge in [0, 0.05) is 13.0 Å². The Balaban J connectivity index is 3.71. The molecule has 0 fully saturated rings. The molecule has 1 atom stereocenters. The van der Waals surface area contributed by atoms with E-state index in [-0.39, 0.29) is 12.2 Å². The number of nitrogens with one attached hydrogen (secondary N) is 1. The van der Waals surface area contributed by atoms with Gasteiger partial charge in [-0.05, 0) is 27.7 Å². The molecule has 0 aliphatic heterocycles. The summed E-state index contributed by atoms with van der Waals surface area (Å²) >= 11 is 5.19. The molecule has 0 bridgehead atoms. The summed E-state index contributed by atoms with van der Waals surface area (Å²) < 4.78 is 14.3. The number of alkyl halides is 1. The standard InChI is InChI=1S/C11H20ClNO5/c1-8(17-10(15)16-7-12)5-6-13-9(14)18-11(2,3)4/h8H,5-7H2,1-4H3,(H,13,14). The number of hydrogen-bond acceptors (Lipinski definition) is 5. The molecule has 0 rings (SSSR count). The number of carbonyl (C=O) groups is 2. The molecule has 0 aliphatic rings. The smallest absolute Gasteiger partial charge is 0.444 e. The van der Waals surface area contributed by atoms with Crippen LogP contribution in [0, 0.1) is 0 Å². The average molecular weight is 282 g/mol. The lowest BCUT2D eigenvalue weighted by Gasteiger charge is -2.20. The van der Waals surface area contributed by atoms with Gasteiger partial charge >= 0.3 is 12.2 Å². The number of halogens is 1. The predicted molar refractivity (Wildman–Crippen MR) is 66.6 cm³/mol. The summed E-state index contributed by atoms with van der Waals surface area (Å²) in [6.07, 6.45) is -1.25. The summed E-state index contributed by atoms with van der Waals surface area (Å²) in [7, 11) is 0. The molecule has 18 heavy (non-hydrogen) atoms. The fourth-order valence-electron chi connectivity index (χ4n) is 0.993. The van der Waals surface area contributed by atoms with Gasteiger partial charge in [0.05, 0.1) is 0 Å². The van der Waals surface area contributed by atoms with E-state index in [4.69, 9.17) is 21.1 Å². The van der Waals surface area contributed by atoms with Crippen molar-refractivity contribution in [2.24, 2.45) is 0 Å². The van der Waals surface area contributed by atoms with Crippen LogP contribution >= 0.6 is 11.6 Å².